The first-order valence-corrected chi connectivity index (χ1v) is 5.54. The number of carbonyl (C=O) groups is 1. The number of hydrogen-bond donors (Lipinski definition) is 2. The van der Waals surface area contributed by atoms with Crippen LogP contribution in [0.5, 0.6) is 0 Å². The average molecular weight is 254 g/mol. The molecule has 5 nitrogen and oxygen atoms in total. The zero-order chi connectivity index (χ0) is 12.4. The highest BCUT2D eigenvalue weighted by atomic mass is 35.5. The molecule has 0 unspecified atom stereocenters. The van der Waals surface area contributed by atoms with Crippen LogP contribution in [0.1, 0.15) is 12.1 Å². The van der Waals surface area contributed by atoms with Crippen molar-refractivity contribution in [1.29, 1.82) is 0 Å². The normalized spacial score (nSPS) is 15.6. The number of nitrogens with zero attached hydrogens (tertiary/aromatic N) is 2. The molecule has 0 aliphatic carbocycles. The molecule has 1 aliphatic rings. The maximum Gasteiger partial charge on any atom is 0.407 e. The van der Waals surface area contributed by atoms with E-state index in [2.05, 4.69) is 4.98 Å². The summed E-state index contributed by atoms with van der Waals surface area (Å²) < 4.78 is 0. The molecule has 1 aliphatic heterocycles. The van der Waals surface area contributed by atoms with Crippen LogP contribution in [0.25, 0.3) is 5.57 Å². The highest BCUT2D eigenvalue weighted by Crippen LogP contribution is 2.26. The minimum Gasteiger partial charge on any atom is -0.465 e. The molecule has 2 rings (SSSR count). The van der Waals surface area contributed by atoms with Crippen LogP contribution in [0.3, 0.4) is 0 Å². The van der Waals surface area contributed by atoms with Crippen LogP contribution in [0, 0.1) is 0 Å². The number of pyridine rings is 1. The Morgan fingerprint density at radius 3 is 2.88 bits per heavy atom. The molecule has 0 saturated heterocycles. The predicted octanol–water partition coefficient (Wildman–Crippen LogP) is 2.08. The molecule has 0 spiro atoms. The molecule has 0 saturated carbocycles. The molecule has 2 heterocycles. The summed E-state index contributed by atoms with van der Waals surface area (Å²) >= 11 is 5.77. The Bertz CT molecular complexity index is 488. The number of carboxylic acid groups (broad SMARTS) is 1. The van der Waals surface area contributed by atoms with E-state index in [-0.39, 0.29) is 0 Å². The second-order valence-corrected chi connectivity index (χ2v) is 4.24. The first-order chi connectivity index (χ1) is 8.08. The van der Waals surface area contributed by atoms with E-state index in [4.69, 9.17) is 22.4 Å². The van der Waals surface area contributed by atoms with E-state index >= 15 is 0 Å². The summed E-state index contributed by atoms with van der Waals surface area (Å²) in [7, 11) is 0. The van der Waals surface area contributed by atoms with E-state index in [1.54, 1.807) is 6.07 Å². The Kier molecular flexibility index (Phi) is 3.19. The summed E-state index contributed by atoms with van der Waals surface area (Å²) in [4.78, 5) is 16.3. The van der Waals surface area contributed by atoms with Gasteiger partial charge in [0.25, 0.3) is 0 Å². The van der Waals surface area contributed by atoms with Gasteiger partial charge < -0.3 is 15.7 Å². The number of rotatable bonds is 1. The summed E-state index contributed by atoms with van der Waals surface area (Å²) in [6, 6.07) is 1.65. The zero-order valence-corrected chi connectivity index (χ0v) is 9.81. The lowest BCUT2D eigenvalue weighted by atomic mass is 10.0. The van der Waals surface area contributed by atoms with Crippen molar-refractivity contribution in [2.75, 3.05) is 18.8 Å². The molecule has 0 atom stereocenters. The molecule has 0 bridgehead atoms. The Balaban J connectivity index is 2.22. The van der Waals surface area contributed by atoms with Crippen LogP contribution in [0.15, 0.2) is 18.3 Å². The minimum absolute atomic E-state index is 0.369. The monoisotopic (exact) mass is 253 g/mol. The molecule has 0 aromatic carbocycles. The van der Waals surface area contributed by atoms with Crippen molar-refractivity contribution >= 4 is 29.0 Å². The lowest BCUT2D eigenvalue weighted by molar-refractivity contribution is 0.150. The van der Waals surface area contributed by atoms with Gasteiger partial charge in [0.2, 0.25) is 0 Å². The van der Waals surface area contributed by atoms with Crippen molar-refractivity contribution in [3.8, 4) is 0 Å². The van der Waals surface area contributed by atoms with Crippen LogP contribution in [0.2, 0.25) is 5.02 Å². The number of nitrogen functional groups attached to an aromatic ring is 1. The molecule has 6 heteroatoms. The summed E-state index contributed by atoms with van der Waals surface area (Å²) in [5.74, 6) is 0. The number of halogens is 1. The van der Waals surface area contributed by atoms with Crippen molar-refractivity contribution in [3.05, 3.63) is 29.1 Å². The first kappa shape index (κ1) is 11.7. The fourth-order valence-electron chi connectivity index (χ4n) is 1.78. The van der Waals surface area contributed by atoms with Crippen molar-refractivity contribution in [1.82, 2.24) is 9.88 Å². The van der Waals surface area contributed by atoms with Crippen molar-refractivity contribution in [3.63, 3.8) is 0 Å². The van der Waals surface area contributed by atoms with Gasteiger partial charge in [-0.3, -0.25) is 4.98 Å². The van der Waals surface area contributed by atoms with Gasteiger partial charge in [-0.25, -0.2) is 4.79 Å². The Labute approximate surface area is 104 Å². The van der Waals surface area contributed by atoms with Crippen LogP contribution in [0.4, 0.5) is 10.5 Å². The van der Waals surface area contributed by atoms with Gasteiger partial charge in [0.05, 0.1) is 16.4 Å². The van der Waals surface area contributed by atoms with E-state index in [9.17, 15) is 4.79 Å². The van der Waals surface area contributed by atoms with E-state index in [0.717, 1.165) is 5.57 Å². The fraction of sp³-hybridized carbons (Fsp3) is 0.273. The third-order valence-electron chi connectivity index (χ3n) is 2.67. The zero-order valence-electron chi connectivity index (χ0n) is 9.06. The van der Waals surface area contributed by atoms with Crippen molar-refractivity contribution < 1.29 is 9.90 Å². The van der Waals surface area contributed by atoms with Crippen molar-refractivity contribution in [2.45, 2.75) is 6.42 Å². The molecule has 1 aromatic heterocycles. The number of aromatic nitrogens is 1. The smallest absolute Gasteiger partial charge is 0.407 e. The van der Waals surface area contributed by atoms with E-state index < -0.39 is 6.09 Å². The minimum atomic E-state index is -0.905. The van der Waals surface area contributed by atoms with Gasteiger partial charge in [-0.15, -0.1) is 0 Å². The third-order valence-corrected chi connectivity index (χ3v) is 2.87. The van der Waals surface area contributed by atoms with E-state index in [1.807, 2.05) is 6.08 Å². The van der Waals surface area contributed by atoms with Gasteiger partial charge in [0, 0.05) is 19.3 Å². The molecule has 17 heavy (non-hydrogen) atoms. The van der Waals surface area contributed by atoms with Crippen LogP contribution in [-0.4, -0.2) is 34.2 Å². The topological polar surface area (TPSA) is 79.5 Å². The quantitative estimate of drug-likeness (QED) is 0.803. The van der Waals surface area contributed by atoms with Crippen LogP contribution in [-0.2, 0) is 0 Å². The fourth-order valence-corrected chi connectivity index (χ4v) is 1.95. The molecule has 1 aromatic rings. The molecule has 90 valence electrons. The summed E-state index contributed by atoms with van der Waals surface area (Å²) in [6.07, 6.45) is 3.09. The lowest BCUT2D eigenvalue weighted by Gasteiger charge is -2.23. The van der Waals surface area contributed by atoms with Crippen LogP contribution < -0.4 is 5.73 Å². The summed E-state index contributed by atoms with van der Waals surface area (Å²) in [6.45, 7) is 0.833. The summed E-state index contributed by atoms with van der Waals surface area (Å²) in [5, 5.41) is 9.32. The predicted molar refractivity (Wildman–Crippen MR) is 65.9 cm³/mol. The standard InChI is InChI=1S/C11H12ClN3O2/c12-8-5-9(13)10(14-6-8)7-1-3-15(4-2-7)11(16)17/h1,5-6H,2-4,13H2,(H,16,17). The van der Waals surface area contributed by atoms with Crippen molar-refractivity contribution in [2.24, 2.45) is 0 Å². The second kappa shape index (κ2) is 4.63. The SMILES string of the molecule is Nc1cc(Cl)cnc1C1=CCN(C(=O)O)CC1. The van der Waals surface area contributed by atoms with Gasteiger partial charge in [0.15, 0.2) is 0 Å². The number of amides is 1. The molecular formula is C11H12ClN3O2. The Morgan fingerprint density at radius 1 is 1.59 bits per heavy atom. The highest BCUT2D eigenvalue weighted by Gasteiger charge is 2.18. The molecule has 3 N–H and O–H groups in total. The highest BCUT2D eigenvalue weighted by molar-refractivity contribution is 6.30. The second-order valence-electron chi connectivity index (χ2n) is 3.80. The maximum atomic E-state index is 10.7. The molecule has 0 radical (unpaired) electrons. The van der Waals surface area contributed by atoms with Gasteiger partial charge in [-0.05, 0) is 18.1 Å². The van der Waals surface area contributed by atoms with Gasteiger partial charge in [-0.1, -0.05) is 17.7 Å². The molecule has 0 fully saturated rings. The first-order valence-electron chi connectivity index (χ1n) is 5.16. The maximum absolute atomic E-state index is 10.7. The average Bonchev–Trinajstić information content (AvgIpc) is 2.29. The van der Waals surface area contributed by atoms with Gasteiger partial charge in [0.1, 0.15) is 0 Å². The molecule has 1 amide bonds. The van der Waals surface area contributed by atoms with Gasteiger partial charge >= 0.3 is 6.09 Å². The third kappa shape index (κ3) is 2.50. The van der Waals surface area contributed by atoms with Gasteiger partial charge in [-0.2, -0.15) is 0 Å². The number of hydrogen-bond acceptors (Lipinski definition) is 3. The van der Waals surface area contributed by atoms with E-state index in [1.165, 1.54) is 11.1 Å². The lowest BCUT2D eigenvalue weighted by Crippen LogP contribution is -2.33. The summed E-state index contributed by atoms with van der Waals surface area (Å²) in [5.41, 5.74) is 8.01. The Morgan fingerprint density at radius 2 is 2.35 bits per heavy atom. The Hall–Kier alpha value is -1.75. The number of nitrogens with two attached hydrogens (primary N) is 1. The van der Waals surface area contributed by atoms with Crippen LogP contribution >= 0.6 is 11.6 Å². The van der Waals surface area contributed by atoms with E-state index in [0.29, 0.717) is 35.9 Å². The number of anilines is 1. The molecular weight excluding hydrogens is 242 g/mol. The largest absolute Gasteiger partial charge is 0.465 e.